The molecule has 1 aromatic carbocycles. The predicted octanol–water partition coefficient (Wildman–Crippen LogP) is 1.90. The average Bonchev–Trinajstić information content (AvgIpc) is 2.51. The van der Waals surface area contributed by atoms with Crippen molar-refractivity contribution >= 4 is 17.3 Å². The summed E-state index contributed by atoms with van der Waals surface area (Å²) < 4.78 is 1.24. The second-order valence-corrected chi connectivity index (χ2v) is 6.02. The lowest BCUT2D eigenvalue weighted by Gasteiger charge is -2.33. The van der Waals surface area contributed by atoms with Gasteiger partial charge in [0.15, 0.2) is 5.15 Å². The molecule has 3 rings (SSSR count). The van der Waals surface area contributed by atoms with Crippen LogP contribution in [0.15, 0.2) is 35.1 Å². The van der Waals surface area contributed by atoms with E-state index in [1.807, 2.05) is 12.1 Å². The maximum atomic E-state index is 11.8. The van der Waals surface area contributed by atoms with Crippen molar-refractivity contribution in [3.63, 3.8) is 0 Å². The molecule has 1 N–H and O–H groups in total. The molecule has 2 aromatic rings. The van der Waals surface area contributed by atoms with Crippen molar-refractivity contribution in [2.24, 2.45) is 7.05 Å². The number of anilines is 1. The molecule has 1 aromatic heterocycles. The number of aryl methyl sites for hydroxylation is 1. The van der Waals surface area contributed by atoms with Crippen LogP contribution in [-0.4, -0.2) is 35.5 Å². The number of hydrogen-bond donors (Lipinski definition) is 1. The molecule has 1 aliphatic heterocycles. The number of halogens is 1. The van der Waals surface area contributed by atoms with Crippen LogP contribution in [0.4, 0.5) is 5.69 Å². The first-order valence-corrected chi connectivity index (χ1v) is 7.75. The maximum absolute atomic E-state index is 11.8. The molecular weight excluding hydrogens is 300 g/mol. The first kappa shape index (κ1) is 15.1. The summed E-state index contributed by atoms with van der Waals surface area (Å²) in [6.45, 7) is 5.08. The lowest BCUT2D eigenvalue weighted by molar-refractivity contribution is 0.485. The molecule has 0 bridgehead atoms. The minimum absolute atomic E-state index is 0.166. The van der Waals surface area contributed by atoms with Crippen LogP contribution in [0.25, 0.3) is 11.1 Å². The molecule has 0 unspecified atom stereocenters. The van der Waals surface area contributed by atoms with Crippen molar-refractivity contribution in [1.82, 2.24) is 15.1 Å². The van der Waals surface area contributed by atoms with Gasteiger partial charge < -0.3 is 10.2 Å². The molecule has 1 fully saturated rings. The molecule has 6 heteroatoms. The Balaban J connectivity index is 1.98. The highest BCUT2D eigenvalue weighted by Crippen LogP contribution is 2.28. The van der Waals surface area contributed by atoms with Crippen LogP contribution < -0.4 is 15.8 Å². The van der Waals surface area contributed by atoms with E-state index >= 15 is 0 Å². The van der Waals surface area contributed by atoms with Gasteiger partial charge in [0, 0.05) is 50.0 Å². The summed E-state index contributed by atoms with van der Waals surface area (Å²) in [6.07, 6.45) is 0. The minimum Gasteiger partial charge on any atom is -0.369 e. The maximum Gasteiger partial charge on any atom is 0.267 e. The van der Waals surface area contributed by atoms with E-state index < -0.39 is 0 Å². The Morgan fingerprint density at radius 2 is 2.18 bits per heavy atom. The number of benzene rings is 1. The highest BCUT2D eigenvalue weighted by molar-refractivity contribution is 6.32. The number of nitrogens with zero attached hydrogens (tertiary/aromatic N) is 3. The van der Waals surface area contributed by atoms with Crippen LogP contribution in [0.5, 0.6) is 0 Å². The lowest BCUT2D eigenvalue weighted by Crippen LogP contribution is -2.49. The SMILES string of the molecule is C[C@@H]1CN(c2cccc(-c3cc(=O)n(C)nc3Cl)c2)CCN1. The van der Waals surface area contributed by atoms with Crippen molar-refractivity contribution in [3.05, 3.63) is 45.8 Å². The molecule has 5 nitrogen and oxygen atoms in total. The molecule has 116 valence electrons. The minimum atomic E-state index is -0.166. The summed E-state index contributed by atoms with van der Waals surface area (Å²) in [4.78, 5) is 14.2. The van der Waals surface area contributed by atoms with Crippen LogP contribution in [0.1, 0.15) is 6.92 Å². The molecule has 0 aliphatic carbocycles. The zero-order valence-corrected chi connectivity index (χ0v) is 13.5. The van der Waals surface area contributed by atoms with Gasteiger partial charge in [0.1, 0.15) is 0 Å². The summed E-state index contributed by atoms with van der Waals surface area (Å²) in [5, 5.41) is 7.82. The standard InChI is InChI=1S/C16H19ClN4O/c1-11-10-21(7-6-18-11)13-5-3-4-12(8-13)14-9-15(22)20(2)19-16(14)17/h3-5,8-9,11,18H,6-7,10H2,1-2H3/t11-/m1/s1. The lowest BCUT2D eigenvalue weighted by atomic mass is 10.1. The summed E-state index contributed by atoms with van der Waals surface area (Å²) in [7, 11) is 1.59. The Morgan fingerprint density at radius 1 is 1.36 bits per heavy atom. The Kier molecular flexibility index (Phi) is 4.18. The fourth-order valence-electron chi connectivity index (χ4n) is 2.75. The second kappa shape index (κ2) is 6.10. The number of rotatable bonds is 2. The third kappa shape index (κ3) is 3.00. The van der Waals surface area contributed by atoms with E-state index in [1.54, 1.807) is 7.05 Å². The van der Waals surface area contributed by atoms with E-state index in [2.05, 4.69) is 34.4 Å². The van der Waals surface area contributed by atoms with Crippen molar-refractivity contribution in [2.75, 3.05) is 24.5 Å². The Bertz CT molecular complexity index is 743. The largest absolute Gasteiger partial charge is 0.369 e. The second-order valence-electron chi connectivity index (χ2n) is 5.66. The first-order valence-electron chi connectivity index (χ1n) is 7.37. The summed E-state index contributed by atoms with van der Waals surface area (Å²) >= 11 is 6.20. The van der Waals surface area contributed by atoms with Crippen LogP contribution in [0.2, 0.25) is 5.15 Å². The topological polar surface area (TPSA) is 50.2 Å². The van der Waals surface area contributed by atoms with Crippen molar-refractivity contribution in [3.8, 4) is 11.1 Å². The smallest absolute Gasteiger partial charge is 0.267 e. The van der Waals surface area contributed by atoms with Crippen LogP contribution in [0.3, 0.4) is 0 Å². The van der Waals surface area contributed by atoms with Gasteiger partial charge in [-0.2, -0.15) is 5.10 Å². The van der Waals surface area contributed by atoms with E-state index in [0.29, 0.717) is 16.8 Å². The van der Waals surface area contributed by atoms with Crippen LogP contribution in [0, 0.1) is 0 Å². The molecule has 22 heavy (non-hydrogen) atoms. The Morgan fingerprint density at radius 3 is 2.95 bits per heavy atom. The number of nitrogens with one attached hydrogen (secondary N) is 1. The quantitative estimate of drug-likeness (QED) is 0.919. The van der Waals surface area contributed by atoms with E-state index in [1.165, 1.54) is 10.7 Å². The van der Waals surface area contributed by atoms with Gasteiger partial charge in [0.2, 0.25) is 0 Å². The van der Waals surface area contributed by atoms with Gasteiger partial charge in [-0.25, -0.2) is 4.68 Å². The molecule has 0 saturated carbocycles. The fraction of sp³-hybridized carbons (Fsp3) is 0.375. The molecule has 0 spiro atoms. The summed E-state index contributed by atoms with van der Waals surface area (Å²) in [5.74, 6) is 0. The molecule has 0 radical (unpaired) electrons. The van der Waals surface area contributed by atoms with E-state index in [9.17, 15) is 4.79 Å². The van der Waals surface area contributed by atoms with E-state index in [0.717, 1.165) is 30.9 Å². The highest BCUT2D eigenvalue weighted by atomic mass is 35.5. The molecule has 1 atom stereocenters. The third-order valence-corrected chi connectivity index (χ3v) is 4.22. The van der Waals surface area contributed by atoms with Gasteiger partial charge in [0.25, 0.3) is 5.56 Å². The van der Waals surface area contributed by atoms with Crippen molar-refractivity contribution in [1.29, 1.82) is 0 Å². The summed E-state index contributed by atoms with van der Waals surface area (Å²) in [6, 6.07) is 10.1. The Hall–Kier alpha value is -1.85. The van der Waals surface area contributed by atoms with Crippen LogP contribution >= 0.6 is 11.6 Å². The van der Waals surface area contributed by atoms with Gasteiger partial charge >= 0.3 is 0 Å². The van der Waals surface area contributed by atoms with Crippen LogP contribution in [-0.2, 0) is 7.05 Å². The van der Waals surface area contributed by atoms with Crippen molar-refractivity contribution < 1.29 is 0 Å². The molecule has 0 amide bonds. The van der Waals surface area contributed by atoms with Crippen molar-refractivity contribution in [2.45, 2.75) is 13.0 Å². The van der Waals surface area contributed by atoms with Gasteiger partial charge in [-0.1, -0.05) is 23.7 Å². The highest BCUT2D eigenvalue weighted by Gasteiger charge is 2.17. The zero-order chi connectivity index (χ0) is 15.7. The van der Waals surface area contributed by atoms with Gasteiger partial charge in [-0.3, -0.25) is 4.79 Å². The molecule has 1 saturated heterocycles. The van der Waals surface area contributed by atoms with E-state index in [-0.39, 0.29) is 5.56 Å². The zero-order valence-electron chi connectivity index (χ0n) is 12.7. The van der Waals surface area contributed by atoms with Gasteiger partial charge in [-0.05, 0) is 24.6 Å². The van der Waals surface area contributed by atoms with Gasteiger partial charge in [0.05, 0.1) is 0 Å². The molecule has 1 aliphatic rings. The number of hydrogen-bond acceptors (Lipinski definition) is 4. The third-order valence-electron chi connectivity index (χ3n) is 3.94. The molecular formula is C16H19ClN4O. The van der Waals surface area contributed by atoms with E-state index in [4.69, 9.17) is 11.6 Å². The number of piperazine rings is 1. The number of aromatic nitrogens is 2. The fourth-order valence-corrected chi connectivity index (χ4v) is 3.03. The average molecular weight is 319 g/mol. The summed E-state index contributed by atoms with van der Waals surface area (Å²) in [5.41, 5.74) is 2.57. The normalized spacial score (nSPS) is 18.5. The first-order chi connectivity index (χ1) is 10.5. The predicted molar refractivity (Wildman–Crippen MR) is 89.6 cm³/mol. The van der Waals surface area contributed by atoms with Gasteiger partial charge in [-0.15, -0.1) is 0 Å². The monoisotopic (exact) mass is 318 g/mol. The Labute approximate surface area is 134 Å². The molecule has 2 heterocycles.